The van der Waals surface area contributed by atoms with Gasteiger partial charge >= 0.3 is 0 Å². The molecule has 0 saturated heterocycles. The molecule has 7 aromatic carbocycles. The summed E-state index contributed by atoms with van der Waals surface area (Å²) in [5, 5.41) is 6.89. The Morgan fingerprint density at radius 3 is 1.49 bits per heavy atom. The Morgan fingerprint density at radius 2 is 0.844 bits per heavy atom. The molecule has 45 heavy (non-hydrogen) atoms. The summed E-state index contributed by atoms with van der Waals surface area (Å²) in [6.45, 7) is 0. The molecule has 210 valence electrons. The van der Waals surface area contributed by atoms with Gasteiger partial charge in [0.2, 0.25) is 0 Å². The van der Waals surface area contributed by atoms with Crippen LogP contribution in [0.3, 0.4) is 0 Å². The van der Waals surface area contributed by atoms with Crippen molar-refractivity contribution >= 4 is 43.5 Å². The van der Waals surface area contributed by atoms with Crippen molar-refractivity contribution in [3.8, 4) is 45.3 Å². The first-order chi connectivity index (χ1) is 22.3. The number of fused-ring (bicyclic) bond motifs is 5. The van der Waals surface area contributed by atoms with Crippen molar-refractivity contribution in [2.24, 2.45) is 0 Å². The van der Waals surface area contributed by atoms with Crippen LogP contribution in [0.2, 0.25) is 0 Å². The fourth-order valence-corrected chi connectivity index (χ4v) is 6.19. The summed E-state index contributed by atoms with van der Waals surface area (Å²) in [4.78, 5) is 15.0. The summed E-state index contributed by atoms with van der Waals surface area (Å²) in [6, 6.07) is 52.3. The molecule has 0 radical (unpaired) electrons. The number of hydrogen-bond acceptors (Lipinski definition) is 4. The van der Waals surface area contributed by atoms with Crippen LogP contribution >= 0.6 is 0 Å². The second-order valence-corrected chi connectivity index (χ2v) is 11.3. The molecular formula is C41H25N3O. The minimum atomic E-state index is 0.629. The van der Waals surface area contributed by atoms with E-state index in [0.29, 0.717) is 17.5 Å². The van der Waals surface area contributed by atoms with Crippen molar-refractivity contribution in [1.29, 1.82) is 0 Å². The molecule has 0 saturated carbocycles. The zero-order valence-electron chi connectivity index (χ0n) is 24.2. The minimum Gasteiger partial charge on any atom is -0.455 e. The molecule has 0 spiro atoms. The van der Waals surface area contributed by atoms with E-state index in [2.05, 4.69) is 133 Å². The Hall–Kier alpha value is -6.13. The monoisotopic (exact) mass is 575 g/mol. The topological polar surface area (TPSA) is 51.8 Å². The zero-order chi connectivity index (χ0) is 29.7. The smallest absolute Gasteiger partial charge is 0.164 e. The summed E-state index contributed by atoms with van der Waals surface area (Å²) in [5.41, 5.74) is 6.73. The average Bonchev–Trinajstić information content (AvgIpc) is 3.50. The molecular weight excluding hydrogens is 550 g/mol. The number of rotatable bonds is 4. The Balaban J connectivity index is 1.18. The van der Waals surface area contributed by atoms with Gasteiger partial charge < -0.3 is 4.42 Å². The first-order valence-corrected chi connectivity index (χ1v) is 15.0. The van der Waals surface area contributed by atoms with E-state index in [1.165, 1.54) is 10.8 Å². The third-order valence-electron chi connectivity index (χ3n) is 8.51. The van der Waals surface area contributed by atoms with Crippen LogP contribution < -0.4 is 0 Å². The lowest BCUT2D eigenvalue weighted by Gasteiger charge is -2.10. The van der Waals surface area contributed by atoms with Gasteiger partial charge in [-0.15, -0.1) is 0 Å². The molecule has 9 aromatic rings. The molecule has 0 fully saturated rings. The van der Waals surface area contributed by atoms with E-state index in [1.807, 2.05) is 18.2 Å². The second-order valence-electron chi connectivity index (χ2n) is 11.3. The number of nitrogens with zero attached hydrogens (tertiary/aromatic N) is 3. The van der Waals surface area contributed by atoms with Crippen LogP contribution in [-0.4, -0.2) is 15.0 Å². The quantitative estimate of drug-likeness (QED) is 0.209. The lowest BCUT2D eigenvalue weighted by atomic mass is 10.0. The molecule has 0 atom stereocenters. The maximum Gasteiger partial charge on any atom is 0.164 e. The highest BCUT2D eigenvalue weighted by molar-refractivity contribution is 6.09. The maximum absolute atomic E-state index is 6.31. The fraction of sp³-hybridized carbons (Fsp3) is 0. The largest absolute Gasteiger partial charge is 0.455 e. The molecule has 0 bridgehead atoms. The van der Waals surface area contributed by atoms with E-state index in [-0.39, 0.29) is 0 Å². The van der Waals surface area contributed by atoms with Crippen LogP contribution in [0.5, 0.6) is 0 Å². The molecule has 0 N–H and O–H groups in total. The highest BCUT2D eigenvalue weighted by Gasteiger charge is 2.15. The van der Waals surface area contributed by atoms with Gasteiger partial charge in [-0.1, -0.05) is 133 Å². The van der Waals surface area contributed by atoms with Crippen molar-refractivity contribution in [2.45, 2.75) is 0 Å². The van der Waals surface area contributed by atoms with Gasteiger partial charge in [-0.05, 0) is 45.3 Å². The summed E-state index contributed by atoms with van der Waals surface area (Å²) < 4.78 is 6.31. The van der Waals surface area contributed by atoms with Crippen LogP contribution in [-0.2, 0) is 0 Å². The number of aromatic nitrogens is 3. The van der Waals surface area contributed by atoms with Crippen LogP contribution in [0.15, 0.2) is 156 Å². The Kier molecular flexibility index (Phi) is 5.78. The molecule has 4 nitrogen and oxygen atoms in total. The number of hydrogen-bond donors (Lipinski definition) is 0. The Morgan fingerprint density at radius 1 is 0.356 bits per heavy atom. The normalized spacial score (nSPS) is 11.6. The molecule has 0 unspecified atom stereocenters. The lowest BCUT2D eigenvalue weighted by molar-refractivity contribution is 0.670. The SMILES string of the molecule is c1ccc2cc(-c3nc(-c4ccc(-c5cccc6c5oc5ccccc56)cc4)nc(-c4ccc5ccccc5c4)n3)ccc2c1. The Labute approximate surface area is 259 Å². The van der Waals surface area contributed by atoms with Crippen molar-refractivity contribution in [2.75, 3.05) is 0 Å². The van der Waals surface area contributed by atoms with E-state index >= 15 is 0 Å². The van der Waals surface area contributed by atoms with Gasteiger partial charge in [0.05, 0.1) is 0 Å². The predicted molar refractivity (Wildman–Crippen MR) is 184 cm³/mol. The standard InChI is InChI=1S/C41H25N3O/c1-3-10-30-24-32(22-16-26(30)8-1)40-42-39(43-41(44-40)33-23-17-27-9-2-4-11-31(27)25-33)29-20-18-28(19-21-29)34-13-7-14-36-35-12-5-6-15-37(35)45-38(34)36/h1-25H. The summed E-state index contributed by atoms with van der Waals surface area (Å²) in [5.74, 6) is 1.92. The van der Waals surface area contributed by atoms with Gasteiger partial charge in [-0.2, -0.15) is 0 Å². The average molecular weight is 576 g/mol. The summed E-state index contributed by atoms with van der Waals surface area (Å²) in [7, 11) is 0. The van der Waals surface area contributed by atoms with Crippen molar-refractivity contribution < 1.29 is 4.42 Å². The molecule has 0 amide bonds. The minimum absolute atomic E-state index is 0.629. The molecule has 0 aliphatic carbocycles. The molecule has 2 heterocycles. The first kappa shape index (κ1) is 25.4. The van der Waals surface area contributed by atoms with E-state index in [4.69, 9.17) is 19.4 Å². The second kappa shape index (κ2) is 10.2. The van der Waals surface area contributed by atoms with E-state index < -0.39 is 0 Å². The van der Waals surface area contributed by atoms with Crippen LogP contribution in [0, 0.1) is 0 Å². The molecule has 0 aliphatic rings. The number of furan rings is 1. The van der Waals surface area contributed by atoms with Crippen molar-refractivity contribution in [1.82, 2.24) is 15.0 Å². The molecule has 4 heteroatoms. The van der Waals surface area contributed by atoms with Crippen molar-refractivity contribution in [3.05, 3.63) is 152 Å². The molecule has 2 aromatic heterocycles. The zero-order valence-corrected chi connectivity index (χ0v) is 24.2. The van der Waals surface area contributed by atoms with Crippen LogP contribution in [0.25, 0.3) is 88.8 Å². The molecule has 9 rings (SSSR count). The summed E-state index contributed by atoms with van der Waals surface area (Å²) in [6.07, 6.45) is 0. The van der Waals surface area contributed by atoms with Crippen molar-refractivity contribution in [3.63, 3.8) is 0 Å². The molecule has 0 aliphatic heterocycles. The van der Waals surface area contributed by atoms with Gasteiger partial charge in [0, 0.05) is 33.0 Å². The third-order valence-corrected chi connectivity index (χ3v) is 8.51. The van der Waals surface area contributed by atoms with E-state index in [9.17, 15) is 0 Å². The van der Waals surface area contributed by atoms with Gasteiger partial charge in [-0.25, -0.2) is 15.0 Å². The van der Waals surface area contributed by atoms with Gasteiger partial charge in [0.15, 0.2) is 17.5 Å². The summed E-state index contributed by atoms with van der Waals surface area (Å²) >= 11 is 0. The fourth-order valence-electron chi connectivity index (χ4n) is 6.19. The van der Waals surface area contributed by atoms with Crippen LogP contribution in [0.1, 0.15) is 0 Å². The van der Waals surface area contributed by atoms with Gasteiger partial charge in [0.25, 0.3) is 0 Å². The lowest BCUT2D eigenvalue weighted by Crippen LogP contribution is -2.00. The van der Waals surface area contributed by atoms with Gasteiger partial charge in [0.1, 0.15) is 11.2 Å². The predicted octanol–water partition coefficient (Wildman–Crippen LogP) is 10.7. The van der Waals surface area contributed by atoms with Crippen LogP contribution in [0.4, 0.5) is 0 Å². The first-order valence-electron chi connectivity index (χ1n) is 15.0. The number of benzene rings is 7. The third kappa shape index (κ3) is 4.43. The van der Waals surface area contributed by atoms with Gasteiger partial charge in [-0.3, -0.25) is 0 Å². The maximum atomic E-state index is 6.31. The van der Waals surface area contributed by atoms with E-state index in [1.54, 1.807) is 0 Å². The van der Waals surface area contributed by atoms with E-state index in [0.717, 1.165) is 60.5 Å². The highest BCUT2D eigenvalue weighted by Crippen LogP contribution is 2.36. The highest BCUT2D eigenvalue weighted by atomic mass is 16.3. The Bertz CT molecular complexity index is 2450. The number of para-hydroxylation sites is 2.